The van der Waals surface area contributed by atoms with E-state index in [-0.39, 0.29) is 4.90 Å². The lowest BCUT2D eigenvalue weighted by atomic mass is 10.2. The Labute approximate surface area is 127 Å². The number of carbonyl (C=O) groups is 1. The van der Waals surface area contributed by atoms with Crippen LogP contribution in [0.25, 0.3) is 0 Å². The van der Waals surface area contributed by atoms with Crippen LogP contribution in [0, 0.1) is 6.92 Å². The van der Waals surface area contributed by atoms with Gasteiger partial charge in [0.05, 0.1) is 4.90 Å². The number of likely N-dealkylation sites (tertiary alicyclic amines) is 1. The van der Waals surface area contributed by atoms with Gasteiger partial charge < -0.3 is 9.08 Å². The van der Waals surface area contributed by atoms with Gasteiger partial charge in [-0.1, -0.05) is 21.5 Å². The predicted molar refractivity (Wildman–Crippen MR) is 81.4 cm³/mol. The minimum atomic E-state index is -3.80. The molecule has 0 N–H and O–H groups in total. The molecule has 0 aliphatic carbocycles. The Kier molecular flexibility index (Phi) is 5.00. The number of benzene rings is 1. The van der Waals surface area contributed by atoms with E-state index in [0.717, 1.165) is 18.4 Å². The van der Waals surface area contributed by atoms with E-state index in [0.29, 0.717) is 13.1 Å². The molecule has 1 aliphatic rings. The molecule has 2 rings (SSSR count). The fourth-order valence-electron chi connectivity index (χ4n) is 1.96. The molecule has 0 aromatic heterocycles. The molecule has 1 amide bonds. The molecule has 0 saturated carbocycles. The third-order valence-corrected chi connectivity index (χ3v) is 5.95. The molecule has 1 saturated heterocycles. The highest BCUT2D eigenvalue weighted by Crippen LogP contribution is 2.15. The monoisotopic (exact) mass is 330 g/mol. The van der Waals surface area contributed by atoms with Crippen molar-refractivity contribution in [1.82, 2.24) is 4.90 Å². The van der Waals surface area contributed by atoms with E-state index in [1.54, 1.807) is 17.0 Å². The third-order valence-electron chi connectivity index (χ3n) is 3.08. The normalized spacial score (nSPS) is 17.0. The summed E-state index contributed by atoms with van der Waals surface area (Å²) in [5.74, 6) is 0. The van der Waals surface area contributed by atoms with Gasteiger partial charge in [-0.15, -0.1) is 0 Å². The van der Waals surface area contributed by atoms with Crippen molar-refractivity contribution in [3.8, 4) is 0 Å². The van der Waals surface area contributed by atoms with Crippen LogP contribution in [0.15, 0.2) is 32.9 Å². The second kappa shape index (κ2) is 6.57. The van der Waals surface area contributed by atoms with Crippen LogP contribution in [0.1, 0.15) is 18.4 Å². The minimum Gasteiger partial charge on any atom is -0.365 e. The van der Waals surface area contributed by atoms with Crippen LogP contribution in [-0.2, 0) is 25.2 Å². The highest BCUT2D eigenvalue weighted by atomic mass is 32.3. The molecule has 21 heavy (non-hydrogen) atoms. The first kappa shape index (κ1) is 16.0. The summed E-state index contributed by atoms with van der Waals surface area (Å²) in [6, 6.07) is 6.39. The van der Waals surface area contributed by atoms with Crippen LogP contribution in [0.3, 0.4) is 0 Å². The molecule has 1 atom stereocenters. The molecule has 8 heteroatoms. The van der Waals surface area contributed by atoms with E-state index >= 15 is 0 Å². The number of amides is 1. The Balaban J connectivity index is 2.09. The summed E-state index contributed by atoms with van der Waals surface area (Å²) in [6.07, 6.45) is 2.87. The average Bonchev–Trinajstić information content (AvgIpc) is 2.92. The van der Waals surface area contributed by atoms with Gasteiger partial charge in [-0.3, -0.25) is 0 Å². The molecule has 0 bridgehead atoms. The number of hydrogen-bond donors (Lipinski definition) is 0. The Morgan fingerprint density at radius 2 is 1.81 bits per heavy atom. The quantitative estimate of drug-likeness (QED) is 0.852. The number of rotatable bonds is 3. The van der Waals surface area contributed by atoms with Gasteiger partial charge in [0.2, 0.25) is 0 Å². The summed E-state index contributed by atoms with van der Waals surface area (Å²) in [4.78, 5) is 13.4. The largest absolute Gasteiger partial charge is 0.422 e. The topological polar surface area (TPSA) is 76.0 Å². The zero-order valence-corrected chi connectivity index (χ0v) is 13.6. The fraction of sp³-hybridized carbons (Fsp3) is 0.462. The minimum absolute atomic E-state index is 0.102. The predicted octanol–water partition coefficient (Wildman–Crippen LogP) is 2.26. The van der Waals surface area contributed by atoms with E-state index in [2.05, 4.69) is 3.77 Å². The maximum atomic E-state index is 12.1. The molecule has 0 spiro atoms. The Morgan fingerprint density at radius 3 is 2.38 bits per heavy atom. The maximum Gasteiger partial charge on any atom is 0.422 e. The summed E-state index contributed by atoms with van der Waals surface area (Å²) >= 11 is 0. The molecule has 1 heterocycles. The fourth-order valence-corrected chi connectivity index (χ4v) is 4.33. The van der Waals surface area contributed by atoms with Crippen LogP contribution in [0.2, 0.25) is 0 Å². The number of carbonyl (C=O) groups excluding carboxylic acids is 1. The first-order chi connectivity index (χ1) is 9.88. The molecule has 1 aromatic rings. The van der Waals surface area contributed by atoms with E-state index in [1.807, 2.05) is 6.92 Å². The standard InChI is InChI=1S/C13H18N2O4S2/c1-11-5-7-12(8-6-11)21(17,18)14-20(2)19-13(16)15-9-3-4-10-15/h5-8H,3-4,9-10H2,1-2H3. The first-order valence-corrected chi connectivity index (χ1v) is 9.52. The number of aryl methyl sites for hydroxylation is 1. The van der Waals surface area contributed by atoms with Crippen LogP contribution in [-0.4, -0.2) is 38.8 Å². The Bertz CT molecular complexity index is 647. The van der Waals surface area contributed by atoms with Crippen molar-refractivity contribution in [2.45, 2.75) is 24.7 Å². The van der Waals surface area contributed by atoms with Crippen molar-refractivity contribution in [3.63, 3.8) is 0 Å². The highest BCUT2D eigenvalue weighted by molar-refractivity contribution is 7.98. The van der Waals surface area contributed by atoms with Gasteiger partial charge in [0.15, 0.2) is 0 Å². The summed E-state index contributed by atoms with van der Waals surface area (Å²) in [5.41, 5.74) is 0.963. The SMILES string of the molecule is Cc1ccc(S(=O)(=O)N=S(C)OC(=O)N2CCCC2)cc1. The van der Waals surface area contributed by atoms with Gasteiger partial charge in [0, 0.05) is 19.3 Å². The Morgan fingerprint density at radius 1 is 1.24 bits per heavy atom. The molecule has 1 fully saturated rings. The highest BCUT2D eigenvalue weighted by Gasteiger charge is 2.21. The molecule has 1 unspecified atom stereocenters. The second-order valence-electron chi connectivity index (χ2n) is 4.83. The first-order valence-electron chi connectivity index (χ1n) is 6.56. The van der Waals surface area contributed by atoms with Gasteiger partial charge in [-0.2, -0.15) is 8.42 Å². The number of hydrogen-bond acceptors (Lipinski definition) is 4. The summed E-state index contributed by atoms with van der Waals surface area (Å²) in [6.45, 7) is 3.18. The lowest BCUT2D eigenvalue weighted by Gasteiger charge is -2.14. The van der Waals surface area contributed by atoms with Crippen molar-refractivity contribution in [1.29, 1.82) is 0 Å². The molecular weight excluding hydrogens is 312 g/mol. The van der Waals surface area contributed by atoms with E-state index in [1.165, 1.54) is 18.4 Å². The van der Waals surface area contributed by atoms with Crippen LogP contribution in [0.5, 0.6) is 0 Å². The van der Waals surface area contributed by atoms with Crippen molar-refractivity contribution >= 4 is 27.1 Å². The van der Waals surface area contributed by atoms with Crippen molar-refractivity contribution in [3.05, 3.63) is 29.8 Å². The van der Waals surface area contributed by atoms with E-state index < -0.39 is 27.1 Å². The smallest absolute Gasteiger partial charge is 0.365 e. The maximum absolute atomic E-state index is 12.1. The third kappa shape index (κ3) is 4.28. The Hall–Kier alpha value is -1.41. The van der Waals surface area contributed by atoms with Crippen molar-refractivity contribution in [2.75, 3.05) is 19.3 Å². The van der Waals surface area contributed by atoms with Gasteiger partial charge in [0.1, 0.15) is 11.0 Å². The lowest BCUT2D eigenvalue weighted by Crippen LogP contribution is -2.28. The molecular formula is C13H18N2O4S2. The molecule has 0 radical (unpaired) electrons. The zero-order chi connectivity index (χ0) is 15.5. The van der Waals surface area contributed by atoms with Crippen molar-refractivity contribution in [2.24, 2.45) is 3.77 Å². The number of sulfonamides is 1. The van der Waals surface area contributed by atoms with Crippen molar-refractivity contribution < 1.29 is 17.4 Å². The van der Waals surface area contributed by atoms with Gasteiger partial charge >= 0.3 is 6.09 Å². The molecule has 1 aliphatic heterocycles. The summed E-state index contributed by atoms with van der Waals surface area (Å²) in [7, 11) is -5.13. The summed E-state index contributed by atoms with van der Waals surface area (Å²) < 4.78 is 32.9. The zero-order valence-electron chi connectivity index (χ0n) is 12.0. The van der Waals surface area contributed by atoms with Gasteiger partial charge in [-0.05, 0) is 31.9 Å². The van der Waals surface area contributed by atoms with Crippen LogP contribution < -0.4 is 0 Å². The van der Waals surface area contributed by atoms with Crippen LogP contribution in [0.4, 0.5) is 4.79 Å². The summed E-state index contributed by atoms with van der Waals surface area (Å²) in [5, 5.41) is 0. The second-order valence-corrected chi connectivity index (χ2v) is 7.86. The number of nitrogens with zero attached hydrogens (tertiary/aromatic N) is 2. The molecule has 6 nitrogen and oxygen atoms in total. The van der Waals surface area contributed by atoms with E-state index in [4.69, 9.17) is 4.18 Å². The lowest BCUT2D eigenvalue weighted by molar-refractivity contribution is 0.170. The molecule has 116 valence electrons. The van der Waals surface area contributed by atoms with Gasteiger partial charge in [0.25, 0.3) is 10.0 Å². The van der Waals surface area contributed by atoms with Crippen LogP contribution >= 0.6 is 0 Å². The molecule has 1 aromatic carbocycles. The van der Waals surface area contributed by atoms with E-state index in [9.17, 15) is 13.2 Å². The van der Waals surface area contributed by atoms with Gasteiger partial charge in [-0.25, -0.2) is 4.79 Å². The average molecular weight is 330 g/mol.